The monoisotopic (exact) mass is 303 g/mol. The third-order valence-electron chi connectivity index (χ3n) is 3.65. The number of aromatic amines is 1. The Labute approximate surface area is 131 Å². The zero-order valence-corrected chi connectivity index (χ0v) is 12.2. The second kappa shape index (κ2) is 5.49. The van der Waals surface area contributed by atoms with E-state index in [0.717, 1.165) is 5.56 Å². The van der Waals surface area contributed by atoms with Crippen molar-refractivity contribution < 1.29 is 0 Å². The minimum absolute atomic E-state index is 0.171. The van der Waals surface area contributed by atoms with Crippen LogP contribution in [0, 0.1) is 0 Å². The van der Waals surface area contributed by atoms with Crippen LogP contribution in [0.1, 0.15) is 5.56 Å². The molecule has 4 rings (SSSR count). The van der Waals surface area contributed by atoms with Crippen molar-refractivity contribution in [3.8, 4) is 11.3 Å². The highest BCUT2D eigenvalue weighted by atomic mass is 16.1. The fourth-order valence-electron chi connectivity index (χ4n) is 2.56. The number of rotatable bonds is 3. The van der Waals surface area contributed by atoms with E-state index in [4.69, 9.17) is 0 Å². The molecule has 0 aliphatic heterocycles. The SMILES string of the molecule is O=c1[nH]cnc2c(-c3cnn(Cc4ccccc4)c3)nccc12. The van der Waals surface area contributed by atoms with Crippen LogP contribution in [0.2, 0.25) is 0 Å². The molecule has 0 fully saturated rings. The average Bonchev–Trinajstić information content (AvgIpc) is 3.04. The first-order valence-electron chi connectivity index (χ1n) is 7.20. The molecule has 6 heteroatoms. The first-order chi connectivity index (χ1) is 11.3. The molecule has 0 bridgehead atoms. The molecule has 6 nitrogen and oxygen atoms in total. The van der Waals surface area contributed by atoms with Gasteiger partial charge in [0.25, 0.3) is 5.56 Å². The summed E-state index contributed by atoms with van der Waals surface area (Å²) in [5, 5.41) is 4.90. The second-order valence-corrected chi connectivity index (χ2v) is 5.20. The summed E-state index contributed by atoms with van der Waals surface area (Å²) in [5.41, 5.74) is 3.07. The van der Waals surface area contributed by atoms with E-state index in [1.807, 2.05) is 29.1 Å². The van der Waals surface area contributed by atoms with Gasteiger partial charge in [0.2, 0.25) is 0 Å². The number of H-pyrrole nitrogens is 1. The van der Waals surface area contributed by atoms with E-state index in [9.17, 15) is 4.79 Å². The maximum absolute atomic E-state index is 11.9. The summed E-state index contributed by atoms with van der Waals surface area (Å²) >= 11 is 0. The summed E-state index contributed by atoms with van der Waals surface area (Å²) in [7, 11) is 0. The maximum Gasteiger partial charge on any atom is 0.258 e. The van der Waals surface area contributed by atoms with Gasteiger partial charge in [-0.1, -0.05) is 30.3 Å². The Balaban J connectivity index is 1.75. The summed E-state index contributed by atoms with van der Waals surface area (Å²) in [6.45, 7) is 0.680. The number of hydrogen-bond donors (Lipinski definition) is 1. The molecular formula is C17H13N5O. The zero-order chi connectivity index (χ0) is 15.6. The molecule has 3 heterocycles. The van der Waals surface area contributed by atoms with Crippen molar-refractivity contribution in [2.75, 3.05) is 0 Å². The number of aromatic nitrogens is 5. The summed E-state index contributed by atoms with van der Waals surface area (Å²) in [6, 6.07) is 11.8. The highest BCUT2D eigenvalue weighted by Gasteiger charge is 2.10. The van der Waals surface area contributed by atoms with E-state index in [-0.39, 0.29) is 5.56 Å². The summed E-state index contributed by atoms with van der Waals surface area (Å²) in [4.78, 5) is 23.1. The zero-order valence-electron chi connectivity index (χ0n) is 12.2. The lowest BCUT2D eigenvalue weighted by molar-refractivity contribution is 0.687. The molecule has 1 N–H and O–H groups in total. The van der Waals surface area contributed by atoms with Crippen LogP contribution in [-0.4, -0.2) is 24.7 Å². The highest BCUT2D eigenvalue weighted by molar-refractivity contribution is 5.90. The van der Waals surface area contributed by atoms with Crippen LogP contribution in [0.4, 0.5) is 0 Å². The van der Waals surface area contributed by atoms with E-state index in [2.05, 4.69) is 32.2 Å². The van der Waals surface area contributed by atoms with Gasteiger partial charge < -0.3 is 4.98 Å². The second-order valence-electron chi connectivity index (χ2n) is 5.20. The average molecular weight is 303 g/mol. The molecule has 3 aromatic heterocycles. The largest absolute Gasteiger partial charge is 0.313 e. The number of hydrogen-bond acceptors (Lipinski definition) is 4. The van der Waals surface area contributed by atoms with E-state index in [0.29, 0.717) is 23.1 Å². The molecule has 0 unspecified atom stereocenters. The van der Waals surface area contributed by atoms with Gasteiger partial charge in [0.05, 0.1) is 30.1 Å². The lowest BCUT2D eigenvalue weighted by Gasteiger charge is -2.02. The van der Waals surface area contributed by atoms with Crippen LogP contribution >= 0.6 is 0 Å². The molecular weight excluding hydrogens is 290 g/mol. The van der Waals surface area contributed by atoms with Crippen molar-refractivity contribution in [2.45, 2.75) is 6.54 Å². The van der Waals surface area contributed by atoms with Crippen LogP contribution in [0.25, 0.3) is 22.2 Å². The number of nitrogens with one attached hydrogen (secondary N) is 1. The molecule has 0 aliphatic rings. The molecule has 112 valence electrons. The van der Waals surface area contributed by atoms with E-state index in [1.165, 1.54) is 11.9 Å². The van der Waals surface area contributed by atoms with Gasteiger partial charge in [-0.05, 0) is 11.6 Å². The molecule has 4 aromatic rings. The number of pyridine rings is 1. The van der Waals surface area contributed by atoms with Crippen molar-refractivity contribution in [1.29, 1.82) is 0 Å². The first kappa shape index (κ1) is 13.4. The van der Waals surface area contributed by atoms with Gasteiger partial charge in [0, 0.05) is 18.0 Å². The lowest BCUT2D eigenvalue weighted by atomic mass is 10.1. The van der Waals surface area contributed by atoms with Gasteiger partial charge in [-0.15, -0.1) is 0 Å². The maximum atomic E-state index is 11.9. The Morgan fingerprint density at radius 3 is 2.83 bits per heavy atom. The van der Waals surface area contributed by atoms with Crippen molar-refractivity contribution in [3.63, 3.8) is 0 Å². The molecule has 0 radical (unpaired) electrons. The van der Waals surface area contributed by atoms with Gasteiger partial charge in [0.1, 0.15) is 5.52 Å². The van der Waals surface area contributed by atoms with Gasteiger partial charge in [0.15, 0.2) is 0 Å². The van der Waals surface area contributed by atoms with E-state index in [1.54, 1.807) is 18.5 Å². The van der Waals surface area contributed by atoms with Crippen molar-refractivity contribution in [1.82, 2.24) is 24.7 Å². The van der Waals surface area contributed by atoms with Crippen LogP contribution < -0.4 is 5.56 Å². The topological polar surface area (TPSA) is 76.5 Å². The molecule has 0 aliphatic carbocycles. The van der Waals surface area contributed by atoms with Gasteiger partial charge in [-0.25, -0.2) is 4.98 Å². The molecule has 0 saturated heterocycles. The predicted octanol–water partition coefficient (Wildman–Crippen LogP) is 2.23. The fourth-order valence-corrected chi connectivity index (χ4v) is 2.56. The number of nitrogens with zero attached hydrogens (tertiary/aromatic N) is 4. The molecule has 0 spiro atoms. The van der Waals surface area contributed by atoms with Crippen molar-refractivity contribution in [2.24, 2.45) is 0 Å². The molecule has 0 amide bonds. The lowest BCUT2D eigenvalue weighted by Crippen LogP contribution is -2.07. The van der Waals surface area contributed by atoms with Crippen LogP contribution in [0.3, 0.4) is 0 Å². The smallest absolute Gasteiger partial charge is 0.258 e. The van der Waals surface area contributed by atoms with Crippen LogP contribution in [0.15, 0.2) is 66.1 Å². The van der Waals surface area contributed by atoms with Gasteiger partial charge >= 0.3 is 0 Å². The molecule has 23 heavy (non-hydrogen) atoms. The fraction of sp³-hybridized carbons (Fsp3) is 0.0588. The normalized spacial score (nSPS) is 11.0. The molecule has 0 saturated carbocycles. The minimum atomic E-state index is -0.171. The predicted molar refractivity (Wildman–Crippen MR) is 86.9 cm³/mol. The van der Waals surface area contributed by atoms with Crippen LogP contribution in [0.5, 0.6) is 0 Å². The number of fused-ring (bicyclic) bond motifs is 1. The Bertz CT molecular complexity index is 1020. The summed E-state index contributed by atoms with van der Waals surface area (Å²) < 4.78 is 1.85. The summed E-state index contributed by atoms with van der Waals surface area (Å²) in [6.07, 6.45) is 6.67. The van der Waals surface area contributed by atoms with Crippen molar-refractivity contribution >= 4 is 10.9 Å². The Kier molecular flexibility index (Phi) is 3.20. The van der Waals surface area contributed by atoms with E-state index < -0.39 is 0 Å². The summed E-state index contributed by atoms with van der Waals surface area (Å²) in [5.74, 6) is 0. The quantitative estimate of drug-likeness (QED) is 0.629. The standard InChI is InChI=1S/C17H13N5O/c23-17-14-6-7-18-15(16(14)19-11-20-17)13-8-21-22(10-13)9-12-4-2-1-3-5-12/h1-8,10-11H,9H2,(H,19,20,23). The first-order valence-corrected chi connectivity index (χ1v) is 7.20. The minimum Gasteiger partial charge on any atom is -0.313 e. The third-order valence-corrected chi connectivity index (χ3v) is 3.65. The molecule has 1 aromatic carbocycles. The van der Waals surface area contributed by atoms with Crippen molar-refractivity contribution in [3.05, 3.63) is 77.2 Å². The van der Waals surface area contributed by atoms with Gasteiger partial charge in [-0.2, -0.15) is 5.10 Å². The highest BCUT2D eigenvalue weighted by Crippen LogP contribution is 2.22. The molecule has 0 atom stereocenters. The Morgan fingerprint density at radius 1 is 1.09 bits per heavy atom. The third kappa shape index (κ3) is 2.50. The Hall–Kier alpha value is -3.28. The van der Waals surface area contributed by atoms with E-state index >= 15 is 0 Å². The Morgan fingerprint density at radius 2 is 1.96 bits per heavy atom. The number of benzene rings is 1. The van der Waals surface area contributed by atoms with Crippen LogP contribution in [-0.2, 0) is 6.54 Å². The van der Waals surface area contributed by atoms with Gasteiger partial charge in [-0.3, -0.25) is 14.5 Å².